The molecule has 2 aromatic rings. The van der Waals surface area contributed by atoms with E-state index in [0.29, 0.717) is 0 Å². The Morgan fingerprint density at radius 1 is 0.929 bits per heavy atom. The van der Waals surface area contributed by atoms with E-state index in [9.17, 15) is 0 Å². The summed E-state index contributed by atoms with van der Waals surface area (Å²) in [7, 11) is 0. The Morgan fingerprint density at radius 3 is 2.61 bits per heavy atom. The van der Waals surface area contributed by atoms with Crippen molar-refractivity contribution < 1.29 is 0 Å². The molecule has 1 aliphatic heterocycles. The molecule has 3 aliphatic carbocycles. The second-order valence-corrected chi connectivity index (χ2v) is 9.13. The van der Waals surface area contributed by atoms with Crippen LogP contribution >= 0.6 is 0 Å². The SMILES string of the molecule is c1ccc(-c2nc3c(c(N4CCN(C5CC6CCC5C6)CC4)n2)CCC3)nc1. The highest BCUT2D eigenvalue weighted by molar-refractivity contribution is 5.59. The molecule has 0 N–H and O–H groups in total. The number of rotatable bonds is 3. The molecule has 2 aromatic heterocycles. The molecule has 0 spiro atoms. The number of aryl methyl sites for hydroxylation is 1. The molecule has 0 radical (unpaired) electrons. The van der Waals surface area contributed by atoms with Crippen molar-refractivity contribution in [1.82, 2.24) is 19.9 Å². The molecule has 146 valence electrons. The molecule has 4 aliphatic rings. The van der Waals surface area contributed by atoms with Crippen molar-refractivity contribution >= 4 is 5.82 Å². The van der Waals surface area contributed by atoms with Gasteiger partial charge in [0.1, 0.15) is 11.5 Å². The number of piperazine rings is 1. The highest BCUT2D eigenvalue weighted by Crippen LogP contribution is 2.46. The topological polar surface area (TPSA) is 45.2 Å². The lowest BCUT2D eigenvalue weighted by Gasteiger charge is -2.41. The molecular formula is C23H29N5. The molecule has 0 amide bonds. The lowest BCUT2D eigenvalue weighted by molar-refractivity contribution is 0.134. The zero-order valence-electron chi connectivity index (χ0n) is 16.6. The Hall–Kier alpha value is -2.01. The molecule has 5 nitrogen and oxygen atoms in total. The maximum Gasteiger partial charge on any atom is 0.180 e. The Bertz CT molecular complexity index is 859. The van der Waals surface area contributed by atoms with Crippen molar-refractivity contribution in [3.05, 3.63) is 35.7 Å². The minimum Gasteiger partial charge on any atom is -0.354 e. The molecule has 3 fully saturated rings. The zero-order valence-corrected chi connectivity index (χ0v) is 16.6. The van der Waals surface area contributed by atoms with Gasteiger partial charge in [-0.1, -0.05) is 12.5 Å². The summed E-state index contributed by atoms with van der Waals surface area (Å²) in [6.07, 6.45) is 11.2. The van der Waals surface area contributed by atoms with Crippen molar-refractivity contribution in [1.29, 1.82) is 0 Å². The van der Waals surface area contributed by atoms with Gasteiger partial charge in [0.25, 0.3) is 0 Å². The van der Waals surface area contributed by atoms with Crippen molar-refractivity contribution in [2.24, 2.45) is 11.8 Å². The molecule has 28 heavy (non-hydrogen) atoms. The van der Waals surface area contributed by atoms with E-state index in [1.807, 2.05) is 24.4 Å². The predicted octanol–water partition coefficient (Wildman–Crippen LogP) is 3.34. The fourth-order valence-electron chi connectivity index (χ4n) is 6.21. The number of hydrogen-bond acceptors (Lipinski definition) is 5. The van der Waals surface area contributed by atoms with Crippen LogP contribution < -0.4 is 4.90 Å². The second-order valence-electron chi connectivity index (χ2n) is 9.13. The van der Waals surface area contributed by atoms with Gasteiger partial charge in [-0.2, -0.15) is 0 Å². The van der Waals surface area contributed by atoms with Gasteiger partial charge >= 0.3 is 0 Å². The first-order chi connectivity index (χ1) is 13.8. The lowest BCUT2D eigenvalue weighted by atomic mass is 9.93. The molecule has 3 heterocycles. The standard InChI is InChI=1S/C23H29N5/c1-2-9-24-20(5-1)22-25-19-6-3-4-18(19)23(26-22)28-12-10-27(11-13-28)21-15-16-7-8-17(21)14-16/h1-2,5,9,16-17,21H,3-4,6-8,10-15H2. The monoisotopic (exact) mass is 375 g/mol. The number of hydrogen-bond donors (Lipinski definition) is 0. The highest BCUT2D eigenvalue weighted by atomic mass is 15.3. The Kier molecular flexibility index (Phi) is 4.10. The summed E-state index contributed by atoms with van der Waals surface area (Å²) in [4.78, 5) is 19.7. The summed E-state index contributed by atoms with van der Waals surface area (Å²) >= 11 is 0. The first kappa shape index (κ1) is 16.9. The van der Waals surface area contributed by atoms with E-state index in [4.69, 9.17) is 9.97 Å². The molecule has 1 saturated heterocycles. The third kappa shape index (κ3) is 2.83. The predicted molar refractivity (Wildman–Crippen MR) is 110 cm³/mol. The average molecular weight is 376 g/mol. The molecule has 0 aromatic carbocycles. The fourth-order valence-corrected chi connectivity index (χ4v) is 6.21. The fraction of sp³-hybridized carbons (Fsp3) is 0.609. The molecule has 2 bridgehead atoms. The van der Waals surface area contributed by atoms with Gasteiger partial charge in [-0.15, -0.1) is 0 Å². The maximum atomic E-state index is 5.03. The summed E-state index contributed by atoms with van der Waals surface area (Å²) < 4.78 is 0. The van der Waals surface area contributed by atoms with Crippen LogP contribution in [0.3, 0.4) is 0 Å². The van der Waals surface area contributed by atoms with E-state index < -0.39 is 0 Å². The van der Waals surface area contributed by atoms with E-state index in [1.165, 1.54) is 62.3 Å². The van der Waals surface area contributed by atoms with Gasteiger partial charge < -0.3 is 4.90 Å². The van der Waals surface area contributed by atoms with Crippen molar-refractivity contribution in [3.8, 4) is 11.5 Å². The van der Waals surface area contributed by atoms with Crippen LogP contribution in [0.5, 0.6) is 0 Å². The summed E-state index contributed by atoms with van der Waals surface area (Å²) in [5.74, 6) is 4.00. The van der Waals surface area contributed by atoms with Crippen LogP contribution in [0, 0.1) is 11.8 Å². The van der Waals surface area contributed by atoms with Gasteiger partial charge in [-0.3, -0.25) is 9.88 Å². The van der Waals surface area contributed by atoms with Crippen LogP contribution in [0.15, 0.2) is 24.4 Å². The summed E-state index contributed by atoms with van der Waals surface area (Å²) in [6.45, 7) is 4.56. The summed E-state index contributed by atoms with van der Waals surface area (Å²) in [6, 6.07) is 6.86. The van der Waals surface area contributed by atoms with Crippen LogP contribution in [0.2, 0.25) is 0 Å². The van der Waals surface area contributed by atoms with Crippen molar-refractivity contribution in [3.63, 3.8) is 0 Å². The summed E-state index contributed by atoms with van der Waals surface area (Å²) in [5.41, 5.74) is 3.54. The van der Waals surface area contributed by atoms with Gasteiger partial charge in [0, 0.05) is 49.7 Å². The van der Waals surface area contributed by atoms with Crippen LogP contribution in [0.25, 0.3) is 11.5 Å². The van der Waals surface area contributed by atoms with Crippen molar-refractivity contribution in [2.75, 3.05) is 31.1 Å². The van der Waals surface area contributed by atoms with Gasteiger partial charge in [0.2, 0.25) is 0 Å². The van der Waals surface area contributed by atoms with Crippen molar-refractivity contribution in [2.45, 2.75) is 51.0 Å². The largest absolute Gasteiger partial charge is 0.354 e. The van der Waals surface area contributed by atoms with Gasteiger partial charge in [-0.05, 0) is 62.5 Å². The van der Waals surface area contributed by atoms with Crippen LogP contribution in [-0.2, 0) is 12.8 Å². The van der Waals surface area contributed by atoms with Gasteiger partial charge in [-0.25, -0.2) is 9.97 Å². The molecule has 6 rings (SSSR count). The number of nitrogens with zero attached hydrogens (tertiary/aromatic N) is 5. The van der Waals surface area contributed by atoms with Crippen LogP contribution in [-0.4, -0.2) is 52.1 Å². The number of pyridine rings is 1. The Morgan fingerprint density at radius 2 is 1.86 bits per heavy atom. The molecule has 2 saturated carbocycles. The summed E-state index contributed by atoms with van der Waals surface area (Å²) in [5, 5.41) is 0. The zero-order chi connectivity index (χ0) is 18.5. The maximum absolute atomic E-state index is 5.03. The smallest absolute Gasteiger partial charge is 0.180 e. The first-order valence-corrected chi connectivity index (χ1v) is 11.2. The normalized spacial score (nSPS) is 29.4. The third-order valence-electron chi connectivity index (χ3n) is 7.59. The van der Waals surface area contributed by atoms with Gasteiger partial charge in [0.15, 0.2) is 5.82 Å². The highest BCUT2D eigenvalue weighted by Gasteiger charge is 2.43. The number of aromatic nitrogens is 3. The number of fused-ring (bicyclic) bond motifs is 3. The molecule has 5 heteroatoms. The number of anilines is 1. The van der Waals surface area contributed by atoms with Crippen LogP contribution in [0.4, 0.5) is 5.82 Å². The van der Waals surface area contributed by atoms with E-state index in [-0.39, 0.29) is 0 Å². The molecule has 3 atom stereocenters. The Labute approximate surface area is 167 Å². The Balaban J connectivity index is 1.24. The minimum absolute atomic E-state index is 0.798. The minimum atomic E-state index is 0.798. The lowest BCUT2D eigenvalue weighted by Crippen LogP contribution is -2.52. The molecular weight excluding hydrogens is 346 g/mol. The molecule has 3 unspecified atom stereocenters. The average Bonchev–Trinajstić information content (AvgIpc) is 3.50. The van der Waals surface area contributed by atoms with E-state index in [1.54, 1.807) is 0 Å². The van der Waals surface area contributed by atoms with E-state index in [2.05, 4.69) is 14.8 Å². The van der Waals surface area contributed by atoms with E-state index in [0.717, 1.165) is 55.3 Å². The van der Waals surface area contributed by atoms with Gasteiger partial charge in [0.05, 0.1) is 0 Å². The third-order valence-corrected chi connectivity index (χ3v) is 7.59. The van der Waals surface area contributed by atoms with Crippen LogP contribution in [0.1, 0.15) is 43.4 Å². The second kappa shape index (κ2) is 6.80. The quantitative estimate of drug-likeness (QED) is 0.823. The first-order valence-electron chi connectivity index (χ1n) is 11.2. The van der Waals surface area contributed by atoms with E-state index >= 15 is 0 Å².